The summed E-state index contributed by atoms with van der Waals surface area (Å²) in [4.78, 5) is 4.12. The third-order valence-corrected chi connectivity index (χ3v) is 2.11. The van der Waals surface area contributed by atoms with E-state index in [1.165, 1.54) is 0 Å². The maximum Gasteiger partial charge on any atom is 0.488 e. The lowest BCUT2D eigenvalue weighted by molar-refractivity contribution is 0.152. The molecule has 1 aromatic rings. The van der Waals surface area contributed by atoms with E-state index in [0.717, 1.165) is 5.56 Å². The molecule has 2 rings (SSSR count). The molecule has 1 atom stereocenters. The zero-order chi connectivity index (χ0) is 10.7. The Bertz CT molecular complexity index is 386. The summed E-state index contributed by atoms with van der Waals surface area (Å²) in [5.41, 5.74) is 1.33. The Morgan fingerprint density at radius 2 is 1.93 bits per heavy atom. The Morgan fingerprint density at radius 3 is 2.47 bits per heavy atom. The molecule has 2 N–H and O–H groups in total. The monoisotopic (exact) mass is 203 g/mol. The first-order valence-corrected chi connectivity index (χ1v) is 4.57. The van der Waals surface area contributed by atoms with E-state index in [1.807, 2.05) is 0 Å². The zero-order valence-electron chi connectivity index (χ0n) is 7.95. The summed E-state index contributed by atoms with van der Waals surface area (Å²) in [6, 6.07) is 6.79. The highest BCUT2D eigenvalue weighted by molar-refractivity contribution is 6.58. The number of hydrogen-bond donors (Lipinski definition) is 2. The molecule has 0 saturated carbocycles. The SMILES string of the molecule is OB(O)c1ccc(C2N=CC=CO2)cc1. The Balaban J connectivity index is 2.16. The van der Waals surface area contributed by atoms with Crippen LogP contribution in [0.3, 0.4) is 0 Å². The van der Waals surface area contributed by atoms with Crippen molar-refractivity contribution >= 4 is 18.8 Å². The number of allylic oxidation sites excluding steroid dienone is 1. The fourth-order valence-corrected chi connectivity index (χ4v) is 1.32. The van der Waals surface area contributed by atoms with Gasteiger partial charge in [0.05, 0.1) is 6.26 Å². The van der Waals surface area contributed by atoms with E-state index in [2.05, 4.69) is 4.99 Å². The molecule has 1 aliphatic rings. The minimum atomic E-state index is -1.44. The van der Waals surface area contributed by atoms with Crippen molar-refractivity contribution in [2.45, 2.75) is 6.23 Å². The van der Waals surface area contributed by atoms with Crippen molar-refractivity contribution in [2.24, 2.45) is 4.99 Å². The predicted octanol–water partition coefficient (Wildman–Crippen LogP) is -0.0203. The lowest BCUT2D eigenvalue weighted by Crippen LogP contribution is -2.29. The van der Waals surface area contributed by atoms with Crippen LogP contribution >= 0.6 is 0 Å². The van der Waals surface area contributed by atoms with Crippen LogP contribution in [-0.2, 0) is 4.74 Å². The number of ether oxygens (including phenoxy) is 1. The second-order valence-electron chi connectivity index (χ2n) is 3.16. The summed E-state index contributed by atoms with van der Waals surface area (Å²) >= 11 is 0. The van der Waals surface area contributed by atoms with Gasteiger partial charge in [-0.05, 0) is 11.5 Å². The first kappa shape index (κ1) is 9.95. The highest BCUT2D eigenvalue weighted by Crippen LogP contribution is 2.19. The quantitative estimate of drug-likeness (QED) is 0.664. The summed E-state index contributed by atoms with van der Waals surface area (Å²) in [5.74, 6) is 0. The van der Waals surface area contributed by atoms with E-state index in [9.17, 15) is 0 Å². The first-order chi connectivity index (χ1) is 7.27. The molecule has 4 nitrogen and oxygen atoms in total. The molecule has 1 heterocycles. The molecule has 15 heavy (non-hydrogen) atoms. The molecular formula is C10H10BNO3. The van der Waals surface area contributed by atoms with Crippen LogP contribution in [0.5, 0.6) is 0 Å². The largest absolute Gasteiger partial charge is 0.488 e. The molecule has 0 saturated heterocycles. The van der Waals surface area contributed by atoms with Gasteiger partial charge in [0, 0.05) is 11.8 Å². The Labute approximate surface area is 87.7 Å². The highest BCUT2D eigenvalue weighted by atomic mass is 16.5. The van der Waals surface area contributed by atoms with Gasteiger partial charge in [0.25, 0.3) is 0 Å². The van der Waals surface area contributed by atoms with Crippen molar-refractivity contribution in [2.75, 3.05) is 0 Å². The van der Waals surface area contributed by atoms with Crippen LogP contribution in [-0.4, -0.2) is 23.4 Å². The van der Waals surface area contributed by atoms with Crippen LogP contribution in [0.15, 0.2) is 41.6 Å². The van der Waals surface area contributed by atoms with Crippen LogP contribution in [0.4, 0.5) is 0 Å². The summed E-state index contributed by atoms with van der Waals surface area (Å²) < 4.78 is 5.26. The third kappa shape index (κ3) is 2.26. The summed E-state index contributed by atoms with van der Waals surface area (Å²) in [6.07, 6.45) is 4.62. The van der Waals surface area contributed by atoms with Gasteiger partial charge in [-0.25, -0.2) is 4.99 Å². The standard InChI is InChI=1S/C10H10BNO3/c13-11(14)9-4-2-8(3-5-9)10-12-6-1-7-15-10/h1-7,10,13-14H. The fraction of sp³-hybridized carbons (Fsp3) is 0.100. The molecule has 76 valence electrons. The molecule has 0 bridgehead atoms. The molecule has 0 aromatic heterocycles. The van der Waals surface area contributed by atoms with E-state index in [0.29, 0.717) is 5.46 Å². The molecular weight excluding hydrogens is 193 g/mol. The lowest BCUT2D eigenvalue weighted by Gasteiger charge is -2.14. The van der Waals surface area contributed by atoms with Crippen LogP contribution < -0.4 is 5.46 Å². The van der Waals surface area contributed by atoms with Gasteiger partial charge in [0.2, 0.25) is 6.23 Å². The van der Waals surface area contributed by atoms with Crippen LogP contribution in [0, 0.1) is 0 Å². The van der Waals surface area contributed by atoms with Gasteiger partial charge in [0.15, 0.2) is 0 Å². The number of rotatable bonds is 2. The van der Waals surface area contributed by atoms with Crippen molar-refractivity contribution in [1.82, 2.24) is 0 Å². The normalized spacial score (nSPS) is 18.7. The van der Waals surface area contributed by atoms with Crippen LogP contribution in [0.1, 0.15) is 11.8 Å². The average molecular weight is 203 g/mol. The van der Waals surface area contributed by atoms with Gasteiger partial charge in [-0.3, -0.25) is 0 Å². The van der Waals surface area contributed by atoms with Crippen molar-refractivity contribution in [3.05, 3.63) is 42.2 Å². The summed E-state index contributed by atoms with van der Waals surface area (Å²) in [5, 5.41) is 17.8. The molecule has 0 aliphatic carbocycles. The number of benzene rings is 1. The lowest BCUT2D eigenvalue weighted by atomic mass is 9.80. The van der Waals surface area contributed by atoms with Gasteiger partial charge in [-0.1, -0.05) is 24.3 Å². The van der Waals surface area contributed by atoms with E-state index in [1.54, 1.807) is 42.8 Å². The van der Waals surface area contributed by atoms with Gasteiger partial charge >= 0.3 is 7.12 Å². The second-order valence-corrected chi connectivity index (χ2v) is 3.16. The molecule has 0 spiro atoms. The van der Waals surface area contributed by atoms with Crippen LogP contribution in [0.25, 0.3) is 0 Å². The zero-order valence-corrected chi connectivity index (χ0v) is 7.95. The number of hydrogen-bond acceptors (Lipinski definition) is 4. The van der Waals surface area contributed by atoms with E-state index in [-0.39, 0.29) is 6.23 Å². The number of nitrogens with zero attached hydrogens (tertiary/aromatic N) is 1. The number of aliphatic imine (C=N–C) groups is 1. The van der Waals surface area contributed by atoms with Crippen molar-refractivity contribution in [3.8, 4) is 0 Å². The maximum atomic E-state index is 8.91. The molecule has 0 radical (unpaired) electrons. The predicted molar refractivity (Wildman–Crippen MR) is 57.7 cm³/mol. The van der Waals surface area contributed by atoms with Crippen molar-refractivity contribution in [3.63, 3.8) is 0 Å². The summed E-state index contributed by atoms with van der Waals surface area (Å²) in [7, 11) is -1.44. The van der Waals surface area contributed by atoms with E-state index < -0.39 is 7.12 Å². The Morgan fingerprint density at radius 1 is 1.20 bits per heavy atom. The van der Waals surface area contributed by atoms with Crippen molar-refractivity contribution < 1.29 is 14.8 Å². The van der Waals surface area contributed by atoms with Crippen LogP contribution in [0.2, 0.25) is 0 Å². The van der Waals surface area contributed by atoms with E-state index in [4.69, 9.17) is 14.8 Å². The van der Waals surface area contributed by atoms with Gasteiger partial charge in [-0.2, -0.15) is 0 Å². The Hall–Kier alpha value is -1.59. The third-order valence-electron chi connectivity index (χ3n) is 2.11. The van der Waals surface area contributed by atoms with Crippen molar-refractivity contribution in [1.29, 1.82) is 0 Å². The smallest absolute Gasteiger partial charge is 0.472 e. The minimum Gasteiger partial charge on any atom is -0.472 e. The molecule has 1 aromatic carbocycles. The topological polar surface area (TPSA) is 62.0 Å². The average Bonchev–Trinajstić information content (AvgIpc) is 2.30. The molecule has 5 heteroatoms. The summed E-state index contributed by atoms with van der Waals surface area (Å²) in [6.45, 7) is 0. The maximum absolute atomic E-state index is 8.91. The highest BCUT2D eigenvalue weighted by Gasteiger charge is 2.13. The molecule has 1 unspecified atom stereocenters. The molecule has 1 aliphatic heterocycles. The Kier molecular flexibility index (Phi) is 2.85. The second kappa shape index (κ2) is 4.29. The minimum absolute atomic E-state index is 0.333. The van der Waals surface area contributed by atoms with Gasteiger partial charge in [-0.15, -0.1) is 0 Å². The molecule has 0 fully saturated rings. The van der Waals surface area contributed by atoms with E-state index >= 15 is 0 Å². The fourth-order valence-electron chi connectivity index (χ4n) is 1.32. The van der Waals surface area contributed by atoms with Gasteiger partial charge < -0.3 is 14.8 Å². The molecule has 0 amide bonds. The van der Waals surface area contributed by atoms with Gasteiger partial charge in [0.1, 0.15) is 0 Å². The first-order valence-electron chi connectivity index (χ1n) is 4.57.